The number of thiazole rings is 1. The first-order valence-corrected chi connectivity index (χ1v) is 6.62. The monoisotopic (exact) mass is 211 g/mol. The van der Waals surface area contributed by atoms with Crippen LogP contribution in [0.5, 0.6) is 0 Å². The normalized spacial score (nSPS) is 10.7. The molecule has 1 heterocycles. The van der Waals surface area contributed by atoms with Crippen LogP contribution in [0.3, 0.4) is 0 Å². The first-order chi connectivity index (χ1) is 6.86. The van der Waals surface area contributed by atoms with E-state index < -0.39 is 0 Å². The lowest BCUT2D eigenvalue weighted by molar-refractivity contribution is 0.715. The molecule has 0 N–H and O–H groups in total. The molecule has 1 aromatic rings. The van der Waals surface area contributed by atoms with Crippen molar-refractivity contribution in [2.45, 2.75) is 58.8 Å². The van der Waals surface area contributed by atoms with Gasteiger partial charge in [0.2, 0.25) is 0 Å². The van der Waals surface area contributed by atoms with Gasteiger partial charge in [-0.15, -0.1) is 11.3 Å². The molecule has 0 radical (unpaired) electrons. The average Bonchev–Trinajstić information content (AvgIpc) is 2.63. The fraction of sp³-hybridized carbons (Fsp3) is 0.750. The van der Waals surface area contributed by atoms with Gasteiger partial charge in [-0.3, -0.25) is 0 Å². The van der Waals surface area contributed by atoms with E-state index in [4.69, 9.17) is 0 Å². The van der Waals surface area contributed by atoms with Crippen LogP contribution in [0.2, 0.25) is 0 Å². The fourth-order valence-corrected chi connectivity index (χ4v) is 2.46. The summed E-state index contributed by atoms with van der Waals surface area (Å²) in [6.07, 6.45) is 11.0. The van der Waals surface area contributed by atoms with E-state index in [0.717, 1.165) is 0 Å². The Balaban J connectivity index is 2.27. The zero-order valence-electron chi connectivity index (χ0n) is 9.38. The van der Waals surface area contributed by atoms with Gasteiger partial charge >= 0.3 is 0 Å². The molecule has 1 aromatic heterocycles. The van der Waals surface area contributed by atoms with E-state index in [1.54, 1.807) is 0 Å². The minimum absolute atomic E-state index is 1.19. The molecule has 0 saturated heterocycles. The third-order valence-electron chi connectivity index (χ3n) is 2.37. The maximum atomic E-state index is 4.46. The molecule has 0 bridgehead atoms. The molecule has 0 aliphatic heterocycles. The summed E-state index contributed by atoms with van der Waals surface area (Å²) in [6.45, 7) is 4.48. The van der Waals surface area contributed by atoms with Crippen LogP contribution in [0.1, 0.15) is 55.8 Å². The van der Waals surface area contributed by atoms with E-state index in [0.29, 0.717) is 0 Å². The molecule has 0 fully saturated rings. The Hall–Kier alpha value is -0.370. The standard InChI is InChI=1S/C12H21NS/c1-3-5-7-9-12-13-10-11(14-12)8-6-4-2/h10H,3-9H2,1-2H3. The lowest BCUT2D eigenvalue weighted by atomic mass is 10.2. The Bertz CT molecular complexity index is 242. The molecule has 0 unspecified atom stereocenters. The van der Waals surface area contributed by atoms with E-state index in [1.165, 1.54) is 54.8 Å². The molecular formula is C12H21NS. The predicted octanol–water partition coefficient (Wildman–Crippen LogP) is 4.22. The molecular weight excluding hydrogens is 190 g/mol. The molecule has 0 atom stereocenters. The molecule has 0 spiro atoms. The highest BCUT2D eigenvalue weighted by Crippen LogP contribution is 2.17. The SMILES string of the molecule is CCCCCc1ncc(CCCC)s1. The zero-order valence-corrected chi connectivity index (χ0v) is 10.2. The van der Waals surface area contributed by atoms with Crippen molar-refractivity contribution in [3.8, 4) is 0 Å². The highest BCUT2D eigenvalue weighted by Gasteiger charge is 2.00. The molecule has 0 saturated carbocycles. The van der Waals surface area contributed by atoms with E-state index in [2.05, 4.69) is 25.0 Å². The van der Waals surface area contributed by atoms with Crippen molar-refractivity contribution in [3.05, 3.63) is 16.1 Å². The Morgan fingerprint density at radius 3 is 2.57 bits per heavy atom. The molecule has 0 aromatic carbocycles. The van der Waals surface area contributed by atoms with Gasteiger partial charge in [0.1, 0.15) is 0 Å². The number of aryl methyl sites for hydroxylation is 2. The molecule has 1 nitrogen and oxygen atoms in total. The summed E-state index contributed by atoms with van der Waals surface area (Å²) in [6, 6.07) is 0. The van der Waals surface area contributed by atoms with Gasteiger partial charge in [0.25, 0.3) is 0 Å². The van der Waals surface area contributed by atoms with Gasteiger partial charge < -0.3 is 0 Å². The summed E-state index contributed by atoms with van der Waals surface area (Å²) >= 11 is 1.91. The van der Waals surface area contributed by atoms with Crippen molar-refractivity contribution in [2.24, 2.45) is 0 Å². The van der Waals surface area contributed by atoms with Gasteiger partial charge in [0, 0.05) is 11.1 Å². The minimum atomic E-state index is 1.19. The summed E-state index contributed by atoms with van der Waals surface area (Å²) in [5.41, 5.74) is 0. The van der Waals surface area contributed by atoms with Gasteiger partial charge in [-0.1, -0.05) is 33.1 Å². The number of hydrogen-bond donors (Lipinski definition) is 0. The summed E-state index contributed by atoms with van der Waals surface area (Å²) in [7, 11) is 0. The summed E-state index contributed by atoms with van der Waals surface area (Å²) in [4.78, 5) is 5.93. The molecule has 1 rings (SSSR count). The number of hydrogen-bond acceptors (Lipinski definition) is 2. The van der Waals surface area contributed by atoms with Crippen molar-refractivity contribution in [2.75, 3.05) is 0 Å². The minimum Gasteiger partial charge on any atom is -0.249 e. The van der Waals surface area contributed by atoms with E-state index >= 15 is 0 Å². The lowest BCUT2D eigenvalue weighted by Crippen LogP contribution is -1.82. The third-order valence-corrected chi connectivity index (χ3v) is 3.49. The number of unbranched alkanes of at least 4 members (excludes halogenated alkanes) is 3. The summed E-state index contributed by atoms with van der Waals surface area (Å²) in [5, 5.41) is 1.34. The lowest BCUT2D eigenvalue weighted by Gasteiger charge is -1.94. The highest BCUT2D eigenvalue weighted by atomic mass is 32.1. The number of rotatable bonds is 7. The van der Waals surface area contributed by atoms with Gasteiger partial charge in [-0.05, 0) is 25.7 Å². The number of nitrogens with zero attached hydrogens (tertiary/aromatic N) is 1. The van der Waals surface area contributed by atoms with Crippen LogP contribution < -0.4 is 0 Å². The maximum Gasteiger partial charge on any atom is 0.0927 e. The first-order valence-electron chi connectivity index (χ1n) is 5.80. The fourth-order valence-electron chi connectivity index (χ4n) is 1.46. The van der Waals surface area contributed by atoms with E-state index in [1.807, 2.05) is 11.3 Å². The van der Waals surface area contributed by atoms with Crippen molar-refractivity contribution >= 4 is 11.3 Å². The maximum absolute atomic E-state index is 4.46. The van der Waals surface area contributed by atoms with E-state index in [-0.39, 0.29) is 0 Å². The molecule has 0 amide bonds. The van der Waals surface area contributed by atoms with Crippen molar-refractivity contribution in [3.63, 3.8) is 0 Å². The van der Waals surface area contributed by atoms with Crippen molar-refractivity contribution < 1.29 is 0 Å². The van der Waals surface area contributed by atoms with Crippen molar-refractivity contribution in [1.29, 1.82) is 0 Å². The highest BCUT2D eigenvalue weighted by molar-refractivity contribution is 7.11. The second-order valence-corrected chi connectivity index (χ2v) is 4.98. The molecule has 0 aliphatic rings. The van der Waals surface area contributed by atoms with Crippen LogP contribution in [0.15, 0.2) is 6.20 Å². The quantitative estimate of drug-likeness (QED) is 0.615. The zero-order chi connectivity index (χ0) is 10.2. The van der Waals surface area contributed by atoms with Crippen LogP contribution >= 0.6 is 11.3 Å². The average molecular weight is 211 g/mol. The predicted molar refractivity (Wildman–Crippen MR) is 64.0 cm³/mol. The van der Waals surface area contributed by atoms with Gasteiger partial charge in [-0.2, -0.15) is 0 Å². The van der Waals surface area contributed by atoms with Crippen LogP contribution in [-0.4, -0.2) is 4.98 Å². The Morgan fingerprint density at radius 2 is 1.86 bits per heavy atom. The molecule has 2 heteroatoms. The van der Waals surface area contributed by atoms with Crippen molar-refractivity contribution in [1.82, 2.24) is 4.98 Å². The van der Waals surface area contributed by atoms with E-state index in [9.17, 15) is 0 Å². The molecule has 0 aliphatic carbocycles. The van der Waals surface area contributed by atoms with Crippen LogP contribution in [0, 0.1) is 0 Å². The third kappa shape index (κ3) is 4.23. The largest absolute Gasteiger partial charge is 0.249 e. The van der Waals surface area contributed by atoms with Gasteiger partial charge in [0.15, 0.2) is 0 Å². The second kappa shape index (κ2) is 6.99. The molecule has 14 heavy (non-hydrogen) atoms. The van der Waals surface area contributed by atoms with Crippen LogP contribution in [-0.2, 0) is 12.8 Å². The smallest absolute Gasteiger partial charge is 0.0927 e. The Kier molecular flexibility index (Phi) is 5.85. The van der Waals surface area contributed by atoms with Crippen LogP contribution in [0.25, 0.3) is 0 Å². The van der Waals surface area contributed by atoms with Crippen LogP contribution in [0.4, 0.5) is 0 Å². The summed E-state index contributed by atoms with van der Waals surface area (Å²) < 4.78 is 0. The topological polar surface area (TPSA) is 12.9 Å². The number of aromatic nitrogens is 1. The molecule has 80 valence electrons. The Labute approximate surface area is 91.6 Å². The van der Waals surface area contributed by atoms with Gasteiger partial charge in [0.05, 0.1) is 5.01 Å². The second-order valence-electron chi connectivity index (χ2n) is 3.78. The Morgan fingerprint density at radius 1 is 1.07 bits per heavy atom. The first kappa shape index (κ1) is 11.7. The van der Waals surface area contributed by atoms with Gasteiger partial charge in [-0.25, -0.2) is 4.98 Å². The summed E-state index contributed by atoms with van der Waals surface area (Å²) in [5.74, 6) is 0.